The highest BCUT2D eigenvalue weighted by atomic mass is 35.5. The normalized spacial score (nSPS) is 16.1. The van der Waals surface area contributed by atoms with Crippen molar-refractivity contribution < 1.29 is 9.53 Å². The van der Waals surface area contributed by atoms with Crippen LogP contribution in [0, 0.1) is 6.92 Å². The zero-order chi connectivity index (χ0) is 19.4. The van der Waals surface area contributed by atoms with E-state index in [2.05, 4.69) is 20.1 Å². The van der Waals surface area contributed by atoms with Crippen LogP contribution >= 0.6 is 23.4 Å². The molecule has 0 radical (unpaired) electrons. The van der Waals surface area contributed by atoms with Crippen molar-refractivity contribution in [2.45, 2.75) is 62.4 Å². The largest absolute Gasteiger partial charge is 0.495 e. The van der Waals surface area contributed by atoms with Crippen LogP contribution in [0.4, 0.5) is 5.69 Å². The molecule has 0 spiro atoms. The topological polar surface area (TPSA) is 69.0 Å². The van der Waals surface area contributed by atoms with Crippen molar-refractivity contribution in [3.63, 3.8) is 0 Å². The Balaban J connectivity index is 1.71. The van der Waals surface area contributed by atoms with Crippen LogP contribution in [0.3, 0.4) is 0 Å². The lowest BCUT2D eigenvalue weighted by Gasteiger charge is -2.25. The van der Waals surface area contributed by atoms with Gasteiger partial charge in [-0.15, -0.1) is 10.2 Å². The van der Waals surface area contributed by atoms with E-state index in [0.717, 1.165) is 23.8 Å². The van der Waals surface area contributed by atoms with Crippen LogP contribution in [0.15, 0.2) is 23.4 Å². The van der Waals surface area contributed by atoms with Gasteiger partial charge in [0.05, 0.1) is 18.0 Å². The number of carbonyl (C=O) groups excluding carboxylic acids is 1. The van der Waals surface area contributed by atoms with Crippen LogP contribution in [-0.4, -0.2) is 33.0 Å². The first-order valence-corrected chi connectivity index (χ1v) is 10.5. The third-order valence-corrected chi connectivity index (χ3v) is 6.14. The molecule has 0 saturated heterocycles. The van der Waals surface area contributed by atoms with Crippen molar-refractivity contribution in [1.29, 1.82) is 0 Å². The van der Waals surface area contributed by atoms with E-state index >= 15 is 0 Å². The summed E-state index contributed by atoms with van der Waals surface area (Å²) in [5, 5.41) is 12.5. The van der Waals surface area contributed by atoms with E-state index in [1.54, 1.807) is 25.3 Å². The standard InChI is InChI=1S/C19H25ClN4O2S/c1-12(18(25)21-16-11-14(20)9-10-17(16)26-3)27-19-23-22-13(2)24(19)15-7-5-4-6-8-15/h9-12,15H,4-8H2,1-3H3,(H,21,25). The predicted octanol–water partition coefficient (Wildman–Crippen LogP) is 4.87. The van der Waals surface area contributed by atoms with Gasteiger partial charge in [-0.25, -0.2) is 0 Å². The summed E-state index contributed by atoms with van der Waals surface area (Å²) in [5.41, 5.74) is 0.562. The van der Waals surface area contributed by atoms with E-state index < -0.39 is 0 Å². The molecular formula is C19H25ClN4O2S. The molecule has 1 aromatic heterocycles. The first kappa shape index (κ1) is 20.0. The van der Waals surface area contributed by atoms with Gasteiger partial charge in [-0.05, 0) is 44.9 Å². The molecule has 1 fully saturated rings. The molecule has 1 aromatic carbocycles. The van der Waals surface area contributed by atoms with E-state index in [1.807, 2.05) is 13.8 Å². The molecular weight excluding hydrogens is 384 g/mol. The maximum Gasteiger partial charge on any atom is 0.237 e. The van der Waals surface area contributed by atoms with Gasteiger partial charge >= 0.3 is 0 Å². The minimum absolute atomic E-state index is 0.128. The Morgan fingerprint density at radius 2 is 2.07 bits per heavy atom. The predicted molar refractivity (Wildman–Crippen MR) is 109 cm³/mol. The number of methoxy groups -OCH3 is 1. The van der Waals surface area contributed by atoms with Gasteiger partial charge in [0.2, 0.25) is 5.91 Å². The first-order valence-electron chi connectivity index (χ1n) is 9.22. The second kappa shape index (κ2) is 8.97. The molecule has 1 saturated carbocycles. The van der Waals surface area contributed by atoms with E-state index in [4.69, 9.17) is 16.3 Å². The van der Waals surface area contributed by atoms with Gasteiger partial charge in [-0.1, -0.05) is 42.6 Å². The van der Waals surface area contributed by atoms with Crippen LogP contribution in [0.1, 0.15) is 50.9 Å². The molecule has 3 rings (SSSR count). The zero-order valence-electron chi connectivity index (χ0n) is 15.9. The molecule has 1 aliphatic carbocycles. The third kappa shape index (κ3) is 4.76. The Morgan fingerprint density at radius 1 is 1.33 bits per heavy atom. The minimum atomic E-state index is -0.334. The number of nitrogens with zero attached hydrogens (tertiary/aromatic N) is 3. The quantitative estimate of drug-likeness (QED) is 0.690. The maximum atomic E-state index is 12.7. The van der Waals surface area contributed by atoms with E-state index in [0.29, 0.717) is 22.5 Å². The number of hydrogen-bond donors (Lipinski definition) is 1. The lowest BCUT2D eigenvalue weighted by atomic mass is 9.95. The first-order chi connectivity index (χ1) is 13.0. The van der Waals surface area contributed by atoms with Crippen LogP contribution < -0.4 is 10.1 Å². The summed E-state index contributed by atoms with van der Waals surface area (Å²) in [5.74, 6) is 1.36. The Bertz CT molecular complexity index is 805. The van der Waals surface area contributed by atoms with Crippen LogP contribution in [0.5, 0.6) is 5.75 Å². The maximum absolute atomic E-state index is 12.7. The van der Waals surface area contributed by atoms with Gasteiger partial charge in [-0.3, -0.25) is 4.79 Å². The van der Waals surface area contributed by atoms with Crippen molar-refractivity contribution >= 4 is 35.0 Å². The lowest BCUT2D eigenvalue weighted by Crippen LogP contribution is -2.24. The van der Waals surface area contributed by atoms with Crippen LogP contribution in [0.25, 0.3) is 0 Å². The number of aromatic nitrogens is 3. The molecule has 27 heavy (non-hydrogen) atoms. The summed E-state index contributed by atoms with van der Waals surface area (Å²) >= 11 is 7.48. The fourth-order valence-corrected chi connectivity index (χ4v) is 4.55. The van der Waals surface area contributed by atoms with Crippen molar-refractivity contribution in [3.05, 3.63) is 29.0 Å². The molecule has 6 nitrogen and oxygen atoms in total. The molecule has 1 N–H and O–H groups in total. The summed E-state index contributed by atoms with van der Waals surface area (Å²) in [6, 6.07) is 5.58. The van der Waals surface area contributed by atoms with Crippen molar-refractivity contribution in [1.82, 2.24) is 14.8 Å². The number of rotatable bonds is 6. The molecule has 0 aliphatic heterocycles. The molecule has 1 atom stereocenters. The van der Waals surface area contributed by atoms with Gasteiger partial charge in [-0.2, -0.15) is 0 Å². The lowest BCUT2D eigenvalue weighted by molar-refractivity contribution is -0.115. The summed E-state index contributed by atoms with van der Waals surface area (Å²) in [6.07, 6.45) is 6.05. The SMILES string of the molecule is COc1ccc(Cl)cc1NC(=O)C(C)Sc1nnc(C)n1C1CCCCC1. The number of hydrogen-bond acceptors (Lipinski definition) is 5. The number of ether oxygens (including phenoxy) is 1. The van der Waals surface area contributed by atoms with Gasteiger partial charge < -0.3 is 14.6 Å². The Hall–Kier alpha value is -1.73. The Kier molecular flexibility index (Phi) is 6.65. The molecule has 1 amide bonds. The van der Waals surface area contributed by atoms with Crippen molar-refractivity contribution in [2.75, 3.05) is 12.4 Å². The Morgan fingerprint density at radius 3 is 2.78 bits per heavy atom. The number of amides is 1. The summed E-state index contributed by atoms with van der Waals surface area (Å²) < 4.78 is 7.50. The van der Waals surface area contributed by atoms with Gasteiger partial charge in [0.15, 0.2) is 5.16 Å². The highest BCUT2D eigenvalue weighted by Crippen LogP contribution is 2.34. The third-order valence-electron chi connectivity index (χ3n) is 4.85. The smallest absolute Gasteiger partial charge is 0.237 e. The zero-order valence-corrected chi connectivity index (χ0v) is 17.4. The summed E-state index contributed by atoms with van der Waals surface area (Å²) in [6.45, 7) is 3.85. The van der Waals surface area contributed by atoms with Crippen molar-refractivity contribution in [2.24, 2.45) is 0 Å². The van der Waals surface area contributed by atoms with Gasteiger partial charge in [0.1, 0.15) is 11.6 Å². The average molecular weight is 409 g/mol. The molecule has 1 aliphatic rings. The highest BCUT2D eigenvalue weighted by molar-refractivity contribution is 8.00. The van der Waals surface area contributed by atoms with Crippen LogP contribution in [-0.2, 0) is 4.79 Å². The number of halogens is 1. The van der Waals surface area contributed by atoms with E-state index in [9.17, 15) is 4.79 Å². The van der Waals surface area contributed by atoms with Gasteiger partial charge in [0.25, 0.3) is 0 Å². The van der Waals surface area contributed by atoms with Crippen LogP contribution in [0.2, 0.25) is 5.02 Å². The summed E-state index contributed by atoms with van der Waals surface area (Å²) in [4.78, 5) is 12.7. The highest BCUT2D eigenvalue weighted by Gasteiger charge is 2.25. The average Bonchev–Trinajstić information content (AvgIpc) is 3.02. The molecule has 0 bridgehead atoms. The second-order valence-electron chi connectivity index (χ2n) is 6.79. The van der Waals surface area contributed by atoms with Crippen molar-refractivity contribution in [3.8, 4) is 5.75 Å². The van der Waals surface area contributed by atoms with E-state index in [1.165, 1.54) is 31.0 Å². The second-order valence-corrected chi connectivity index (χ2v) is 8.53. The molecule has 1 unspecified atom stereocenters. The molecule has 1 heterocycles. The summed E-state index contributed by atoms with van der Waals surface area (Å²) in [7, 11) is 1.56. The number of carbonyl (C=O) groups is 1. The van der Waals surface area contributed by atoms with Gasteiger partial charge in [0, 0.05) is 11.1 Å². The molecule has 2 aromatic rings. The number of thioether (sulfide) groups is 1. The minimum Gasteiger partial charge on any atom is -0.495 e. The fourth-order valence-electron chi connectivity index (χ4n) is 3.41. The number of nitrogens with one attached hydrogen (secondary N) is 1. The van der Waals surface area contributed by atoms with E-state index in [-0.39, 0.29) is 11.2 Å². The Labute approximate surface area is 169 Å². The monoisotopic (exact) mass is 408 g/mol. The number of aryl methyl sites for hydroxylation is 1. The number of benzene rings is 1. The molecule has 8 heteroatoms. The molecule has 146 valence electrons. The number of anilines is 1. The fraction of sp³-hybridized carbons (Fsp3) is 0.526.